The summed E-state index contributed by atoms with van der Waals surface area (Å²) in [6, 6.07) is 12.3. The van der Waals surface area contributed by atoms with E-state index in [1.54, 1.807) is 7.11 Å². The summed E-state index contributed by atoms with van der Waals surface area (Å²) in [4.78, 5) is 0. The van der Waals surface area contributed by atoms with Gasteiger partial charge in [-0.25, -0.2) is 0 Å². The van der Waals surface area contributed by atoms with Gasteiger partial charge in [-0.15, -0.1) is 0 Å². The van der Waals surface area contributed by atoms with Crippen LogP contribution in [0.2, 0.25) is 0 Å². The molecule has 0 N–H and O–H groups in total. The molecule has 0 aromatic heterocycles. The molecule has 0 aliphatic heterocycles. The first-order chi connectivity index (χ1) is 9.62. The maximum Gasteiger partial charge on any atom is 0.124 e. The van der Waals surface area contributed by atoms with Gasteiger partial charge in [0.05, 0.1) is 7.11 Å². The molecule has 0 unspecified atom stereocenters. The molecule has 0 bridgehead atoms. The molecule has 2 aromatic carbocycles. The van der Waals surface area contributed by atoms with Crippen LogP contribution in [0.3, 0.4) is 0 Å². The highest BCUT2D eigenvalue weighted by Crippen LogP contribution is 2.27. The van der Waals surface area contributed by atoms with Gasteiger partial charge in [-0.3, -0.25) is 0 Å². The van der Waals surface area contributed by atoms with E-state index in [4.69, 9.17) is 9.47 Å². The topological polar surface area (TPSA) is 18.5 Å². The lowest BCUT2D eigenvalue weighted by Crippen LogP contribution is -1.99. The van der Waals surface area contributed by atoms with Crippen molar-refractivity contribution in [1.29, 1.82) is 0 Å². The lowest BCUT2D eigenvalue weighted by molar-refractivity contribution is 0.303. The lowest BCUT2D eigenvalue weighted by Gasteiger charge is -2.12. The molecule has 0 aliphatic rings. The van der Waals surface area contributed by atoms with Gasteiger partial charge in [0.1, 0.15) is 18.1 Å². The average molecular weight is 335 g/mol. The number of hydrogen-bond acceptors (Lipinski definition) is 2. The van der Waals surface area contributed by atoms with E-state index in [0.29, 0.717) is 6.61 Å². The minimum absolute atomic E-state index is 0.578. The first-order valence-corrected chi connectivity index (χ1v) is 7.67. The third-order valence-electron chi connectivity index (χ3n) is 3.09. The molecule has 0 atom stereocenters. The molecule has 2 aromatic rings. The maximum atomic E-state index is 5.94. The predicted molar refractivity (Wildman–Crippen MR) is 85.9 cm³/mol. The Morgan fingerprint density at radius 1 is 1.00 bits per heavy atom. The number of alkyl halides is 1. The van der Waals surface area contributed by atoms with Crippen molar-refractivity contribution >= 4 is 15.9 Å². The largest absolute Gasteiger partial charge is 0.497 e. The zero-order valence-corrected chi connectivity index (χ0v) is 13.7. The normalized spacial score (nSPS) is 10.4. The van der Waals surface area contributed by atoms with Gasteiger partial charge in [-0.05, 0) is 37.6 Å². The van der Waals surface area contributed by atoms with Gasteiger partial charge in [-0.2, -0.15) is 0 Å². The molecule has 2 nitrogen and oxygen atoms in total. The Kier molecular flexibility index (Phi) is 5.07. The van der Waals surface area contributed by atoms with E-state index in [1.807, 2.05) is 18.2 Å². The van der Waals surface area contributed by atoms with Crippen LogP contribution in [0, 0.1) is 13.8 Å². The summed E-state index contributed by atoms with van der Waals surface area (Å²) in [5.41, 5.74) is 4.81. The number of rotatable bonds is 5. The van der Waals surface area contributed by atoms with Crippen molar-refractivity contribution in [1.82, 2.24) is 0 Å². The molecule has 2 rings (SSSR count). The highest BCUT2D eigenvalue weighted by atomic mass is 79.9. The van der Waals surface area contributed by atoms with Crippen molar-refractivity contribution < 1.29 is 9.47 Å². The van der Waals surface area contributed by atoms with E-state index < -0.39 is 0 Å². The molecule has 0 saturated heterocycles. The van der Waals surface area contributed by atoms with Crippen LogP contribution in [0.25, 0.3) is 0 Å². The first kappa shape index (κ1) is 14.9. The second-order valence-electron chi connectivity index (χ2n) is 4.89. The highest BCUT2D eigenvalue weighted by Gasteiger charge is 2.05. The summed E-state index contributed by atoms with van der Waals surface area (Å²) in [7, 11) is 1.67. The number of halogens is 1. The summed E-state index contributed by atoms with van der Waals surface area (Å²) >= 11 is 3.49. The Morgan fingerprint density at radius 2 is 1.70 bits per heavy atom. The van der Waals surface area contributed by atoms with Crippen molar-refractivity contribution in [3.05, 3.63) is 58.7 Å². The number of benzene rings is 2. The fourth-order valence-electron chi connectivity index (χ4n) is 2.24. The Hall–Kier alpha value is -1.48. The smallest absolute Gasteiger partial charge is 0.124 e. The van der Waals surface area contributed by atoms with Crippen molar-refractivity contribution in [2.45, 2.75) is 25.8 Å². The second kappa shape index (κ2) is 6.80. The molecular formula is C17H19BrO2. The number of hydrogen-bond donors (Lipinski definition) is 0. The monoisotopic (exact) mass is 334 g/mol. The van der Waals surface area contributed by atoms with Crippen LogP contribution >= 0.6 is 15.9 Å². The van der Waals surface area contributed by atoms with Crippen molar-refractivity contribution in [3.8, 4) is 11.5 Å². The molecule has 0 spiro atoms. The van der Waals surface area contributed by atoms with E-state index in [-0.39, 0.29) is 0 Å². The lowest BCUT2D eigenvalue weighted by atomic mass is 10.1. The standard InChI is InChI=1S/C17H19BrO2/c1-12-6-13(2)8-14(7-12)11-20-17-5-4-16(19-3)9-15(17)10-18/h4-9H,10-11H2,1-3H3. The van der Waals surface area contributed by atoms with E-state index >= 15 is 0 Å². The highest BCUT2D eigenvalue weighted by molar-refractivity contribution is 9.08. The molecule has 0 radical (unpaired) electrons. The van der Waals surface area contributed by atoms with Gasteiger partial charge in [0, 0.05) is 10.9 Å². The average Bonchev–Trinajstić information content (AvgIpc) is 2.44. The van der Waals surface area contributed by atoms with Gasteiger partial charge in [0.15, 0.2) is 0 Å². The summed E-state index contributed by atoms with van der Waals surface area (Å²) in [5.74, 6) is 1.74. The SMILES string of the molecule is COc1ccc(OCc2cc(C)cc(C)c2)c(CBr)c1. The number of ether oxygens (including phenoxy) is 2. The van der Waals surface area contributed by atoms with Crippen LogP contribution < -0.4 is 9.47 Å². The minimum Gasteiger partial charge on any atom is -0.497 e. The van der Waals surface area contributed by atoms with E-state index in [0.717, 1.165) is 22.4 Å². The van der Waals surface area contributed by atoms with Gasteiger partial charge in [0.25, 0.3) is 0 Å². The number of aryl methyl sites for hydroxylation is 2. The molecule has 3 heteroatoms. The Morgan fingerprint density at radius 3 is 2.30 bits per heavy atom. The Labute approximate surface area is 128 Å². The molecule has 0 saturated carbocycles. The summed E-state index contributed by atoms with van der Waals surface area (Å²) < 4.78 is 11.2. The van der Waals surface area contributed by atoms with Crippen molar-refractivity contribution in [3.63, 3.8) is 0 Å². The van der Waals surface area contributed by atoms with Crippen LogP contribution in [-0.4, -0.2) is 7.11 Å². The molecule has 0 fully saturated rings. The fourth-order valence-corrected chi connectivity index (χ4v) is 2.68. The minimum atomic E-state index is 0.578. The summed E-state index contributed by atoms with van der Waals surface area (Å²) in [6.45, 7) is 4.79. The molecule has 106 valence electrons. The number of methoxy groups -OCH3 is 1. The van der Waals surface area contributed by atoms with E-state index in [2.05, 4.69) is 48.0 Å². The van der Waals surface area contributed by atoms with Gasteiger partial charge in [0.2, 0.25) is 0 Å². The van der Waals surface area contributed by atoms with Crippen LogP contribution in [0.4, 0.5) is 0 Å². The fraction of sp³-hybridized carbons (Fsp3) is 0.294. The van der Waals surface area contributed by atoms with Gasteiger partial charge < -0.3 is 9.47 Å². The van der Waals surface area contributed by atoms with Crippen molar-refractivity contribution in [2.75, 3.05) is 7.11 Å². The molecule has 0 heterocycles. The maximum absolute atomic E-state index is 5.94. The zero-order chi connectivity index (χ0) is 14.5. The zero-order valence-electron chi connectivity index (χ0n) is 12.1. The third kappa shape index (κ3) is 3.76. The first-order valence-electron chi connectivity index (χ1n) is 6.55. The van der Waals surface area contributed by atoms with Crippen LogP contribution in [0.1, 0.15) is 22.3 Å². The third-order valence-corrected chi connectivity index (χ3v) is 3.69. The molecule has 0 amide bonds. The van der Waals surface area contributed by atoms with E-state index in [1.165, 1.54) is 16.7 Å². The van der Waals surface area contributed by atoms with Gasteiger partial charge >= 0.3 is 0 Å². The Bertz CT molecular complexity index is 573. The molecule has 20 heavy (non-hydrogen) atoms. The van der Waals surface area contributed by atoms with E-state index in [9.17, 15) is 0 Å². The quantitative estimate of drug-likeness (QED) is 0.732. The molecular weight excluding hydrogens is 316 g/mol. The second-order valence-corrected chi connectivity index (χ2v) is 5.45. The summed E-state index contributed by atoms with van der Waals surface area (Å²) in [6.07, 6.45) is 0. The van der Waals surface area contributed by atoms with Crippen LogP contribution in [0.15, 0.2) is 36.4 Å². The van der Waals surface area contributed by atoms with Gasteiger partial charge in [-0.1, -0.05) is 45.3 Å². The molecule has 0 aliphatic carbocycles. The summed E-state index contributed by atoms with van der Waals surface area (Å²) in [5, 5.41) is 0.742. The predicted octanol–water partition coefficient (Wildman–Crippen LogP) is 4.79. The van der Waals surface area contributed by atoms with Crippen LogP contribution in [-0.2, 0) is 11.9 Å². The van der Waals surface area contributed by atoms with Crippen molar-refractivity contribution in [2.24, 2.45) is 0 Å². The van der Waals surface area contributed by atoms with Crippen LogP contribution in [0.5, 0.6) is 11.5 Å². The Balaban J connectivity index is 2.14.